The summed E-state index contributed by atoms with van der Waals surface area (Å²) in [6.07, 6.45) is 3.24. The quantitative estimate of drug-likeness (QED) is 0.714. The van der Waals surface area contributed by atoms with E-state index < -0.39 is 0 Å². The van der Waals surface area contributed by atoms with E-state index in [0.29, 0.717) is 24.4 Å². The van der Waals surface area contributed by atoms with Crippen LogP contribution in [0.1, 0.15) is 46.7 Å². The van der Waals surface area contributed by atoms with Gasteiger partial charge in [-0.3, -0.25) is 9.59 Å². The number of carbonyl (C=O) groups excluding carboxylic acids is 2. The Morgan fingerprint density at radius 1 is 0.906 bits per heavy atom. The fourth-order valence-electron chi connectivity index (χ4n) is 5.00. The van der Waals surface area contributed by atoms with E-state index in [2.05, 4.69) is 0 Å². The van der Waals surface area contributed by atoms with E-state index in [1.54, 1.807) is 14.2 Å². The smallest absolute Gasteiger partial charge is 0.254 e. The van der Waals surface area contributed by atoms with Crippen molar-refractivity contribution in [3.05, 3.63) is 59.2 Å². The zero-order valence-corrected chi connectivity index (χ0v) is 19.2. The first kappa shape index (κ1) is 22.2. The van der Waals surface area contributed by atoms with Crippen molar-refractivity contribution in [2.24, 2.45) is 5.92 Å². The Labute approximate surface area is 190 Å². The molecule has 0 unspecified atom stereocenters. The number of hydrogen-bond acceptors (Lipinski definition) is 4. The van der Waals surface area contributed by atoms with Crippen LogP contribution in [-0.4, -0.2) is 62.0 Å². The summed E-state index contributed by atoms with van der Waals surface area (Å²) < 4.78 is 11.1. The van der Waals surface area contributed by atoms with Crippen molar-refractivity contribution >= 4 is 11.8 Å². The second-order valence-corrected chi connectivity index (χ2v) is 8.73. The van der Waals surface area contributed by atoms with Crippen LogP contribution < -0.4 is 9.47 Å². The summed E-state index contributed by atoms with van der Waals surface area (Å²) in [6.45, 7) is 4.42. The molecule has 4 rings (SSSR count). The van der Waals surface area contributed by atoms with E-state index in [1.165, 1.54) is 6.42 Å². The van der Waals surface area contributed by atoms with Gasteiger partial charge in [-0.25, -0.2) is 0 Å². The molecule has 2 heterocycles. The van der Waals surface area contributed by atoms with Gasteiger partial charge in [-0.1, -0.05) is 18.2 Å². The molecule has 2 saturated heterocycles. The summed E-state index contributed by atoms with van der Waals surface area (Å²) in [5.74, 6) is 1.10. The predicted molar refractivity (Wildman–Crippen MR) is 123 cm³/mol. The van der Waals surface area contributed by atoms with Gasteiger partial charge in [0.05, 0.1) is 20.1 Å². The largest absolute Gasteiger partial charge is 0.497 e. The van der Waals surface area contributed by atoms with Crippen molar-refractivity contribution in [1.82, 2.24) is 9.80 Å². The number of piperidine rings is 1. The molecule has 2 aromatic rings. The zero-order valence-electron chi connectivity index (χ0n) is 19.2. The number of methoxy groups -OCH3 is 2. The van der Waals surface area contributed by atoms with E-state index >= 15 is 0 Å². The number of benzene rings is 2. The van der Waals surface area contributed by atoms with Crippen molar-refractivity contribution in [3.63, 3.8) is 0 Å². The molecule has 2 atom stereocenters. The van der Waals surface area contributed by atoms with Crippen molar-refractivity contribution in [2.75, 3.05) is 40.4 Å². The topological polar surface area (TPSA) is 59.1 Å². The number of rotatable bonds is 5. The molecule has 0 radical (unpaired) electrons. The Hall–Kier alpha value is -3.02. The minimum absolute atomic E-state index is 0.0242. The maximum absolute atomic E-state index is 13.6. The van der Waals surface area contributed by atoms with Crippen LogP contribution in [0, 0.1) is 12.8 Å². The predicted octanol–water partition coefficient (Wildman–Crippen LogP) is 3.88. The Morgan fingerprint density at radius 3 is 2.34 bits per heavy atom. The van der Waals surface area contributed by atoms with E-state index in [0.717, 1.165) is 42.8 Å². The van der Waals surface area contributed by atoms with Crippen LogP contribution in [0.3, 0.4) is 0 Å². The third-order valence-corrected chi connectivity index (χ3v) is 6.80. The minimum Gasteiger partial charge on any atom is -0.497 e. The standard InChI is InChI=1S/C26H32N2O4/c1-18-9-5-6-10-20(18)25(29)28-16-22(21-15-19(31-2)11-12-24(21)32-3)23(17-28)26(30)27-13-7-4-8-14-27/h5-6,9-12,15,22-23H,4,7-8,13-14,16-17H2,1-3H3/t22-,23-/m1/s1. The van der Waals surface area contributed by atoms with E-state index in [4.69, 9.17) is 9.47 Å². The maximum Gasteiger partial charge on any atom is 0.254 e. The van der Waals surface area contributed by atoms with Gasteiger partial charge in [-0.15, -0.1) is 0 Å². The van der Waals surface area contributed by atoms with Gasteiger partial charge in [0, 0.05) is 43.2 Å². The van der Waals surface area contributed by atoms with Gasteiger partial charge in [-0.05, 0) is 56.0 Å². The van der Waals surface area contributed by atoms with Gasteiger partial charge in [0.15, 0.2) is 0 Å². The van der Waals surface area contributed by atoms with E-state index in [-0.39, 0.29) is 23.7 Å². The fourth-order valence-corrected chi connectivity index (χ4v) is 5.00. The second-order valence-electron chi connectivity index (χ2n) is 8.73. The maximum atomic E-state index is 13.6. The average Bonchev–Trinajstić information content (AvgIpc) is 3.29. The second kappa shape index (κ2) is 9.63. The lowest BCUT2D eigenvalue weighted by Gasteiger charge is -2.31. The normalized spacial score (nSPS) is 20.8. The highest BCUT2D eigenvalue weighted by molar-refractivity contribution is 5.96. The highest BCUT2D eigenvalue weighted by Gasteiger charge is 2.43. The number of aryl methyl sites for hydroxylation is 1. The number of nitrogens with zero attached hydrogens (tertiary/aromatic N) is 2. The summed E-state index contributed by atoms with van der Waals surface area (Å²) in [6, 6.07) is 13.3. The van der Waals surface area contributed by atoms with Crippen LogP contribution in [-0.2, 0) is 4.79 Å². The number of likely N-dealkylation sites (tertiary alicyclic amines) is 2. The molecule has 6 heteroatoms. The molecule has 2 aliphatic heterocycles. The van der Waals surface area contributed by atoms with Crippen LogP contribution in [0.2, 0.25) is 0 Å². The van der Waals surface area contributed by atoms with Crippen molar-refractivity contribution in [3.8, 4) is 11.5 Å². The van der Waals surface area contributed by atoms with Crippen LogP contribution in [0.4, 0.5) is 0 Å². The lowest BCUT2D eigenvalue weighted by molar-refractivity contribution is -0.136. The van der Waals surface area contributed by atoms with Gasteiger partial charge in [0.1, 0.15) is 11.5 Å². The van der Waals surface area contributed by atoms with Crippen LogP contribution in [0.15, 0.2) is 42.5 Å². The summed E-state index contributed by atoms with van der Waals surface area (Å²) >= 11 is 0. The van der Waals surface area contributed by atoms with Crippen molar-refractivity contribution in [1.29, 1.82) is 0 Å². The minimum atomic E-state index is -0.304. The molecule has 0 N–H and O–H groups in total. The van der Waals surface area contributed by atoms with Gasteiger partial charge in [-0.2, -0.15) is 0 Å². The number of carbonyl (C=O) groups is 2. The number of hydrogen-bond donors (Lipinski definition) is 0. The molecule has 0 saturated carbocycles. The summed E-state index contributed by atoms with van der Waals surface area (Å²) in [7, 11) is 3.27. The van der Waals surface area contributed by atoms with Crippen LogP contribution >= 0.6 is 0 Å². The molecule has 2 aliphatic rings. The van der Waals surface area contributed by atoms with E-state index in [9.17, 15) is 9.59 Å². The number of ether oxygens (including phenoxy) is 2. The van der Waals surface area contributed by atoms with Crippen LogP contribution in [0.5, 0.6) is 11.5 Å². The lowest BCUT2D eigenvalue weighted by atomic mass is 9.86. The Bertz CT molecular complexity index is 984. The van der Waals surface area contributed by atoms with Crippen LogP contribution in [0.25, 0.3) is 0 Å². The molecule has 170 valence electrons. The number of amides is 2. The first-order valence-electron chi connectivity index (χ1n) is 11.4. The molecule has 6 nitrogen and oxygen atoms in total. The fraction of sp³-hybridized carbons (Fsp3) is 0.462. The van der Waals surface area contributed by atoms with E-state index in [1.807, 2.05) is 59.2 Å². The summed E-state index contributed by atoms with van der Waals surface area (Å²) in [5, 5.41) is 0. The van der Waals surface area contributed by atoms with Crippen molar-refractivity contribution < 1.29 is 19.1 Å². The SMILES string of the molecule is COc1ccc(OC)c([C@H]2CN(C(=O)c3ccccc3C)C[C@H]2C(=O)N2CCCCC2)c1. The molecule has 0 aromatic heterocycles. The molecular weight excluding hydrogens is 404 g/mol. The molecule has 2 fully saturated rings. The van der Waals surface area contributed by atoms with Crippen molar-refractivity contribution in [2.45, 2.75) is 32.1 Å². The summed E-state index contributed by atoms with van der Waals surface area (Å²) in [5.41, 5.74) is 2.55. The highest BCUT2D eigenvalue weighted by Crippen LogP contribution is 2.41. The Kier molecular flexibility index (Phi) is 6.68. The Balaban J connectivity index is 1.69. The van der Waals surface area contributed by atoms with Gasteiger partial charge in [0.2, 0.25) is 5.91 Å². The Morgan fingerprint density at radius 2 is 1.66 bits per heavy atom. The van der Waals surface area contributed by atoms with Gasteiger partial charge in [0.25, 0.3) is 5.91 Å². The monoisotopic (exact) mass is 436 g/mol. The third-order valence-electron chi connectivity index (χ3n) is 6.80. The molecule has 2 amide bonds. The molecule has 2 aromatic carbocycles. The molecule has 0 spiro atoms. The molecule has 0 bridgehead atoms. The highest BCUT2D eigenvalue weighted by atomic mass is 16.5. The zero-order chi connectivity index (χ0) is 22.7. The average molecular weight is 437 g/mol. The first-order valence-corrected chi connectivity index (χ1v) is 11.4. The third kappa shape index (κ3) is 4.31. The lowest BCUT2D eigenvalue weighted by Crippen LogP contribution is -2.42. The van der Waals surface area contributed by atoms with Gasteiger partial charge < -0.3 is 19.3 Å². The molecule has 32 heavy (non-hydrogen) atoms. The first-order chi connectivity index (χ1) is 15.5. The van der Waals surface area contributed by atoms with Gasteiger partial charge >= 0.3 is 0 Å². The summed E-state index contributed by atoms with van der Waals surface area (Å²) in [4.78, 5) is 30.9. The molecule has 0 aliphatic carbocycles. The molecular formula is C26H32N2O4.